The zero-order valence-corrected chi connectivity index (χ0v) is 10.2. The third-order valence-electron chi connectivity index (χ3n) is 2.38. The van der Waals surface area contributed by atoms with E-state index in [-0.39, 0.29) is 12.5 Å². The number of nitrogens with one attached hydrogen (secondary N) is 1. The Hall–Kier alpha value is -0.580. The molecule has 1 atom stereocenters. The summed E-state index contributed by atoms with van der Waals surface area (Å²) in [6.45, 7) is 5.61. The molecule has 0 saturated heterocycles. The SMILES string of the molecule is Cc1nn(C)c(Cl)c1CNCC(C)CO. The maximum absolute atomic E-state index is 8.86. The Morgan fingerprint density at radius 3 is 2.73 bits per heavy atom. The molecule has 15 heavy (non-hydrogen) atoms. The molecule has 0 aromatic carbocycles. The van der Waals surface area contributed by atoms with Gasteiger partial charge in [0.15, 0.2) is 0 Å². The van der Waals surface area contributed by atoms with Crippen LogP contribution in [0.3, 0.4) is 0 Å². The van der Waals surface area contributed by atoms with Crippen molar-refractivity contribution in [3.05, 3.63) is 16.4 Å². The summed E-state index contributed by atoms with van der Waals surface area (Å²) in [5.41, 5.74) is 1.98. The summed E-state index contributed by atoms with van der Waals surface area (Å²) >= 11 is 6.07. The van der Waals surface area contributed by atoms with Crippen LogP contribution in [0.5, 0.6) is 0 Å². The van der Waals surface area contributed by atoms with Gasteiger partial charge in [-0.05, 0) is 12.8 Å². The summed E-state index contributed by atoms with van der Waals surface area (Å²) in [4.78, 5) is 0. The second-order valence-corrected chi connectivity index (χ2v) is 4.26. The molecule has 1 rings (SSSR count). The monoisotopic (exact) mass is 231 g/mol. The fourth-order valence-electron chi connectivity index (χ4n) is 1.38. The fraction of sp³-hybridized carbons (Fsp3) is 0.700. The van der Waals surface area contributed by atoms with E-state index < -0.39 is 0 Å². The Labute approximate surface area is 95.2 Å². The molecule has 0 fully saturated rings. The van der Waals surface area contributed by atoms with Crippen LogP contribution in [0.1, 0.15) is 18.2 Å². The maximum atomic E-state index is 8.86. The quantitative estimate of drug-likeness (QED) is 0.798. The Morgan fingerprint density at radius 2 is 2.27 bits per heavy atom. The number of aliphatic hydroxyl groups is 1. The van der Waals surface area contributed by atoms with Gasteiger partial charge in [0.25, 0.3) is 0 Å². The number of nitrogens with zero attached hydrogens (tertiary/aromatic N) is 2. The first-order valence-corrected chi connectivity index (χ1v) is 5.43. The topological polar surface area (TPSA) is 50.1 Å². The van der Waals surface area contributed by atoms with Crippen molar-refractivity contribution in [1.29, 1.82) is 0 Å². The molecule has 1 aromatic rings. The van der Waals surface area contributed by atoms with Gasteiger partial charge in [-0.15, -0.1) is 0 Å². The van der Waals surface area contributed by atoms with E-state index >= 15 is 0 Å². The van der Waals surface area contributed by atoms with E-state index in [0.717, 1.165) is 17.8 Å². The summed E-state index contributed by atoms with van der Waals surface area (Å²) in [6, 6.07) is 0. The summed E-state index contributed by atoms with van der Waals surface area (Å²) in [6.07, 6.45) is 0. The highest BCUT2D eigenvalue weighted by Crippen LogP contribution is 2.17. The van der Waals surface area contributed by atoms with Crippen molar-refractivity contribution in [2.45, 2.75) is 20.4 Å². The van der Waals surface area contributed by atoms with E-state index in [1.54, 1.807) is 4.68 Å². The molecule has 4 nitrogen and oxygen atoms in total. The van der Waals surface area contributed by atoms with Crippen molar-refractivity contribution in [1.82, 2.24) is 15.1 Å². The molecule has 86 valence electrons. The minimum absolute atomic E-state index is 0.201. The van der Waals surface area contributed by atoms with Crippen LogP contribution >= 0.6 is 11.6 Å². The molecule has 0 bridgehead atoms. The Kier molecular flexibility index (Phi) is 4.57. The number of hydrogen-bond acceptors (Lipinski definition) is 3. The zero-order valence-electron chi connectivity index (χ0n) is 9.42. The van der Waals surface area contributed by atoms with Gasteiger partial charge in [-0.3, -0.25) is 4.68 Å². The van der Waals surface area contributed by atoms with Crippen molar-refractivity contribution < 1.29 is 5.11 Å². The molecular formula is C10H18ClN3O. The number of hydrogen-bond donors (Lipinski definition) is 2. The first kappa shape index (κ1) is 12.5. The van der Waals surface area contributed by atoms with Crippen molar-refractivity contribution in [2.75, 3.05) is 13.2 Å². The summed E-state index contributed by atoms with van der Waals surface area (Å²) in [5.74, 6) is 0.265. The molecule has 0 amide bonds. The van der Waals surface area contributed by atoms with Gasteiger partial charge in [-0.2, -0.15) is 5.10 Å². The molecule has 0 aliphatic rings. The van der Waals surface area contributed by atoms with Crippen LogP contribution in [0.15, 0.2) is 0 Å². The molecular weight excluding hydrogens is 214 g/mol. The summed E-state index contributed by atoms with van der Waals surface area (Å²) < 4.78 is 1.67. The van der Waals surface area contributed by atoms with Gasteiger partial charge in [0, 0.05) is 32.3 Å². The third kappa shape index (κ3) is 3.19. The van der Waals surface area contributed by atoms with Gasteiger partial charge in [0.2, 0.25) is 0 Å². The van der Waals surface area contributed by atoms with Gasteiger partial charge < -0.3 is 10.4 Å². The normalized spacial score (nSPS) is 13.1. The van der Waals surface area contributed by atoms with Crippen LogP contribution in [0.2, 0.25) is 5.15 Å². The number of halogens is 1. The van der Waals surface area contributed by atoms with Crippen LogP contribution < -0.4 is 5.32 Å². The highest BCUT2D eigenvalue weighted by molar-refractivity contribution is 6.30. The third-order valence-corrected chi connectivity index (χ3v) is 2.85. The first-order valence-electron chi connectivity index (χ1n) is 5.05. The van der Waals surface area contributed by atoms with Gasteiger partial charge in [-0.25, -0.2) is 0 Å². The molecule has 0 aliphatic carbocycles. The molecule has 2 N–H and O–H groups in total. The average molecular weight is 232 g/mol. The molecule has 1 heterocycles. The molecule has 0 saturated carbocycles. The number of aromatic nitrogens is 2. The molecule has 0 radical (unpaired) electrons. The van der Waals surface area contributed by atoms with Crippen molar-refractivity contribution in [3.63, 3.8) is 0 Å². The van der Waals surface area contributed by atoms with E-state index in [0.29, 0.717) is 11.7 Å². The Balaban J connectivity index is 2.50. The first-order chi connectivity index (χ1) is 7.06. The molecule has 0 aliphatic heterocycles. The van der Waals surface area contributed by atoms with E-state index in [9.17, 15) is 0 Å². The van der Waals surface area contributed by atoms with E-state index in [1.165, 1.54) is 0 Å². The van der Waals surface area contributed by atoms with Gasteiger partial charge >= 0.3 is 0 Å². The lowest BCUT2D eigenvalue weighted by atomic mass is 10.2. The maximum Gasteiger partial charge on any atom is 0.131 e. The highest BCUT2D eigenvalue weighted by atomic mass is 35.5. The average Bonchev–Trinajstić information content (AvgIpc) is 2.44. The van der Waals surface area contributed by atoms with Crippen molar-refractivity contribution in [2.24, 2.45) is 13.0 Å². The lowest BCUT2D eigenvalue weighted by Gasteiger charge is -2.09. The predicted molar refractivity (Wildman–Crippen MR) is 60.9 cm³/mol. The standard InChI is InChI=1S/C10H18ClN3O/c1-7(6-15)4-12-5-9-8(2)13-14(3)10(9)11/h7,12,15H,4-6H2,1-3H3. The fourth-order valence-corrected chi connectivity index (χ4v) is 1.62. The van der Waals surface area contributed by atoms with Crippen LogP contribution in [-0.2, 0) is 13.6 Å². The Bertz CT molecular complexity index is 325. The number of aliphatic hydroxyl groups excluding tert-OH is 1. The van der Waals surface area contributed by atoms with Gasteiger partial charge in [0.1, 0.15) is 5.15 Å². The second-order valence-electron chi connectivity index (χ2n) is 3.90. The zero-order chi connectivity index (χ0) is 11.4. The van der Waals surface area contributed by atoms with Crippen molar-refractivity contribution in [3.8, 4) is 0 Å². The molecule has 1 unspecified atom stereocenters. The van der Waals surface area contributed by atoms with E-state index in [2.05, 4.69) is 10.4 Å². The van der Waals surface area contributed by atoms with Crippen LogP contribution in [0.4, 0.5) is 0 Å². The predicted octanol–water partition coefficient (Wildman–Crippen LogP) is 1.10. The van der Waals surface area contributed by atoms with Gasteiger partial charge in [-0.1, -0.05) is 18.5 Å². The van der Waals surface area contributed by atoms with Crippen LogP contribution in [-0.4, -0.2) is 28.0 Å². The molecule has 5 heteroatoms. The lowest BCUT2D eigenvalue weighted by molar-refractivity contribution is 0.233. The van der Waals surface area contributed by atoms with Crippen LogP contribution in [0.25, 0.3) is 0 Å². The molecule has 0 spiro atoms. The summed E-state index contributed by atoms with van der Waals surface area (Å²) in [7, 11) is 1.83. The molecule has 1 aromatic heterocycles. The van der Waals surface area contributed by atoms with E-state index in [1.807, 2.05) is 20.9 Å². The number of aryl methyl sites for hydroxylation is 2. The second kappa shape index (κ2) is 5.49. The van der Waals surface area contributed by atoms with E-state index in [4.69, 9.17) is 16.7 Å². The largest absolute Gasteiger partial charge is 0.396 e. The lowest BCUT2D eigenvalue weighted by Crippen LogP contribution is -2.23. The minimum atomic E-state index is 0.201. The summed E-state index contributed by atoms with van der Waals surface area (Å²) in [5, 5.41) is 17.0. The Morgan fingerprint density at radius 1 is 1.60 bits per heavy atom. The number of rotatable bonds is 5. The minimum Gasteiger partial charge on any atom is -0.396 e. The highest BCUT2D eigenvalue weighted by Gasteiger charge is 2.10. The van der Waals surface area contributed by atoms with Gasteiger partial charge in [0.05, 0.1) is 5.69 Å². The smallest absolute Gasteiger partial charge is 0.131 e. The van der Waals surface area contributed by atoms with Crippen LogP contribution in [0, 0.1) is 12.8 Å². The van der Waals surface area contributed by atoms with Crippen molar-refractivity contribution >= 4 is 11.6 Å².